The van der Waals surface area contributed by atoms with Gasteiger partial charge in [-0.2, -0.15) is 0 Å². The summed E-state index contributed by atoms with van der Waals surface area (Å²) in [6.45, 7) is 5.82. The molecule has 1 atom stereocenters. The van der Waals surface area contributed by atoms with Crippen LogP contribution in [0.15, 0.2) is 24.3 Å². The van der Waals surface area contributed by atoms with Gasteiger partial charge in [0, 0.05) is 24.3 Å². The zero-order valence-corrected chi connectivity index (χ0v) is 11.6. The highest BCUT2D eigenvalue weighted by atomic mass is 16.2. The maximum Gasteiger partial charge on any atom is 0.238 e. The van der Waals surface area contributed by atoms with Crippen LogP contribution in [0.1, 0.15) is 27.2 Å². The molecule has 104 valence electrons. The molecule has 0 radical (unpaired) electrons. The third kappa shape index (κ3) is 6.01. The van der Waals surface area contributed by atoms with Crippen LogP contribution in [0.4, 0.5) is 11.4 Å². The topological polar surface area (TPSA) is 70.2 Å². The molecule has 3 N–H and O–H groups in total. The monoisotopic (exact) mass is 263 g/mol. The van der Waals surface area contributed by atoms with Crippen molar-refractivity contribution in [3.8, 4) is 0 Å². The highest BCUT2D eigenvalue weighted by Crippen LogP contribution is 2.14. The number of amides is 2. The minimum absolute atomic E-state index is 0.0970. The van der Waals surface area contributed by atoms with Gasteiger partial charge in [0.25, 0.3) is 0 Å². The van der Waals surface area contributed by atoms with E-state index < -0.39 is 0 Å². The number of carbonyl (C=O) groups is 2. The summed E-state index contributed by atoms with van der Waals surface area (Å²) < 4.78 is 0. The van der Waals surface area contributed by atoms with Crippen LogP contribution < -0.4 is 16.0 Å². The van der Waals surface area contributed by atoms with Crippen molar-refractivity contribution in [3.05, 3.63) is 24.3 Å². The lowest BCUT2D eigenvalue weighted by Gasteiger charge is -2.12. The zero-order chi connectivity index (χ0) is 14.3. The van der Waals surface area contributed by atoms with Crippen LogP contribution in [0.5, 0.6) is 0 Å². The quantitative estimate of drug-likeness (QED) is 0.735. The van der Waals surface area contributed by atoms with Crippen molar-refractivity contribution in [2.75, 3.05) is 17.2 Å². The third-order valence-electron chi connectivity index (χ3n) is 2.69. The molecule has 0 fully saturated rings. The number of anilines is 2. The van der Waals surface area contributed by atoms with Gasteiger partial charge in [0.1, 0.15) is 0 Å². The first-order chi connectivity index (χ1) is 9.01. The van der Waals surface area contributed by atoms with Crippen LogP contribution in [0.3, 0.4) is 0 Å². The number of hydrogen-bond donors (Lipinski definition) is 3. The van der Waals surface area contributed by atoms with Crippen LogP contribution in [-0.2, 0) is 9.59 Å². The molecule has 2 amide bonds. The van der Waals surface area contributed by atoms with Crippen molar-refractivity contribution in [1.29, 1.82) is 0 Å². The van der Waals surface area contributed by atoms with Gasteiger partial charge in [-0.05, 0) is 31.5 Å². The molecule has 1 aromatic carbocycles. The van der Waals surface area contributed by atoms with Crippen LogP contribution >= 0.6 is 0 Å². The third-order valence-corrected chi connectivity index (χ3v) is 2.69. The van der Waals surface area contributed by atoms with E-state index in [1.165, 1.54) is 6.92 Å². The lowest BCUT2D eigenvalue weighted by atomic mass is 10.2. The fourth-order valence-corrected chi connectivity index (χ4v) is 1.49. The van der Waals surface area contributed by atoms with Crippen LogP contribution in [-0.4, -0.2) is 24.4 Å². The molecule has 1 unspecified atom stereocenters. The minimum Gasteiger partial charge on any atom is -0.326 e. The SMILES string of the molecule is CCC(C)NCC(=O)Nc1cccc(NC(C)=O)c1. The summed E-state index contributed by atoms with van der Waals surface area (Å²) in [6.07, 6.45) is 0.977. The first-order valence-corrected chi connectivity index (χ1v) is 6.42. The standard InChI is InChI=1S/C14H21N3O2/c1-4-10(2)15-9-14(19)17-13-7-5-6-12(8-13)16-11(3)18/h5-8,10,15H,4,9H2,1-3H3,(H,16,18)(H,17,19). The molecule has 0 saturated carbocycles. The number of benzene rings is 1. The summed E-state index contributed by atoms with van der Waals surface area (Å²) in [6, 6.07) is 7.38. The Hall–Kier alpha value is -1.88. The second-order valence-electron chi connectivity index (χ2n) is 4.50. The van der Waals surface area contributed by atoms with E-state index in [1.54, 1.807) is 24.3 Å². The van der Waals surface area contributed by atoms with E-state index in [1.807, 2.05) is 6.92 Å². The predicted molar refractivity (Wildman–Crippen MR) is 77.1 cm³/mol. The van der Waals surface area contributed by atoms with Gasteiger partial charge in [-0.3, -0.25) is 9.59 Å². The van der Waals surface area contributed by atoms with Crippen LogP contribution in [0, 0.1) is 0 Å². The summed E-state index contributed by atoms with van der Waals surface area (Å²) in [7, 11) is 0. The molecule has 5 nitrogen and oxygen atoms in total. The van der Waals surface area contributed by atoms with Crippen molar-refractivity contribution in [2.45, 2.75) is 33.2 Å². The molecule has 0 heterocycles. The van der Waals surface area contributed by atoms with Gasteiger partial charge < -0.3 is 16.0 Å². The normalized spacial score (nSPS) is 11.7. The Labute approximate surface area is 113 Å². The highest BCUT2D eigenvalue weighted by Gasteiger charge is 2.05. The molecule has 0 aromatic heterocycles. The van der Waals surface area contributed by atoms with Crippen molar-refractivity contribution in [3.63, 3.8) is 0 Å². The van der Waals surface area contributed by atoms with E-state index in [4.69, 9.17) is 0 Å². The minimum atomic E-state index is -0.137. The van der Waals surface area contributed by atoms with Gasteiger partial charge in [-0.25, -0.2) is 0 Å². The number of rotatable bonds is 6. The Morgan fingerprint density at radius 2 is 1.84 bits per heavy atom. The molecule has 1 aromatic rings. The Morgan fingerprint density at radius 3 is 2.42 bits per heavy atom. The molecule has 19 heavy (non-hydrogen) atoms. The van der Waals surface area contributed by atoms with Crippen molar-refractivity contribution in [1.82, 2.24) is 5.32 Å². The van der Waals surface area contributed by atoms with E-state index in [0.29, 0.717) is 17.4 Å². The fraction of sp³-hybridized carbons (Fsp3) is 0.429. The second-order valence-corrected chi connectivity index (χ2v) is 4.50. The zero-order valence-electron chi connectivity index (χ0n) is 11.6. The summed E-state index contributed by atoms with van der Waals surface area (Å²) in [4.78, 5) is 22.7. The first-order valence-electron chi connectivity index (χ1n) is 6.42. The number of hydrogen-bond acceptors (Lipinski definition) is 3. The molecule has 0 spiro atoms. The molecular weight excluding hydrogens is 242 g/mol. The molecule has 0 saturated heterocycles. The van der Waals surface area contributed by atoms with E-state index in [2.05, 4.69) is 22.9 Å². The molecule has 0 aliphatic rings. The van der Waals surface area contributed by atoms with Crippen molar-refractivity contribution in [2.24, 2.45) is 0 Å². The van der Waals surface area contributed by atoms with E-state index in [0.717, 1.165) is 6.42 Å². The summed E-state index contributed by atoms with van der Waals surface area (Å²) in [5.74, 6) is -0.234. The molecule has 0 bridgehead atoms. The predicted octanol–water partition coefficient (Wildman–Crippen LogP) is 1.97. The molecule has 1 rings (SSSR count). The van der Waals surface area contributed by atoms with Gasteiger partial charge in [0.05, 0.1) is 6.54 Å². The Balaban J connectivity index is 2.52. The van der Waals surface area contributed by atoms with E-state index in [9.17, 15) is 9.59 Å². The van der Waals surface area contributed by atoms with Gasteiger partial charge >= 0.3 is 0 Å². The van der Waals surface area contributed by atoms with Crippen molar-refractivity contribution >= 4 is 23.2 Å². The maximum absolute atomic E-state index is 11.7. The van der Waals surface area contributed by atoms with Gasteiger partial charge in [-0.15, -0.1) is 0 Å². The van der Waals surface area contributed by atoms with E-state index >= 15 is 0 Å². The Kier molecular flexibility index (Phi) is 6.02. The largest absolute Gasteiger partial charge is 0.326 e. The van der Waals surface area contributed by atoms with Gasteiger partial charge in [0.15, 0.2) is 0 Å². The maximum atomic E-state index is 11.7. The van der Waals surface area contributed by atoms with Crippen LogP contribution in [0.25, 0.3) is 0 Å². The summed E-state index contributed by atoms with van der Waals surface area (Å²) in [5.41, 5.74) is 1.34. The second kappa shape index (κ2) is 7.53. The Morgan fingerprint density at radius 1 is 1.21 bits per heavy atom. The average molecular weight is 263 g/mol. The number of nitrogens with one attached hydrogen (secondary N) is 3. The fourth-order valence-electron chi connectivity index (χ4n) is 1.49. The van der Waals surface area contributed by atoms with Gasteiger partial charge in [-0.1, -0.05) is 13.0 Å². The molecular formula is C14H21N3O2. The Bertz CT molecular complexity index is 446. The average Bonchev–Trinajstić information content (AvgIpc) is 2.35. The summed E-state index contributed by atoms with van der Waals surface area (Å²) >= 11 is 0. The summed E-state index contributed by atoms with van der Waals surface area (Å²) in [5, 5.41) is 8.57. The number of carbonyl (C=O) groups excluding carboxylic acids is 2. The van der Waals surface area contributed by atoms with Crippen molar-refractivity contribution < 1.29 is 9.59 Å². The smallest absolute Gasteiger partial charge is 0.238 e. The lowest BCUT2D eigenvalue weighted by molar-refractivity contribution is -0.115. The molecule has 0 aliphatic carbocycles. The lowest BCUT2D eigenvalue weighted by Crippen LogP contribution is -2.33. The van der Waals surface area contributed by atoms with Gasteiger partial charge in [0.2, 0.25) is 11.8 Å². The first kappa shape index (κ1) is 15.2. The van der Waals surface area contributed by atoms with E-state index in [-0.39, 0.29) is 18.4 Å². The molecule has 5 heteroatoms. The van der Waals surface area contributed by atoms with Crippen LogP contribution in [0.2, 0.25) is 0 Å². The molecule has 0 aliphatic heterocycles. The highest BCUT2D eigenvalue weighted by molar-refractivity contribution is 5.94.